The Bertz CT molecular complexity index is 230. The van der Waals surface area contributed by atoms with Crippen LogP contribution in [0.5, 0.6) is 0 Å². The SMILES string of the molecule is NCC1C2CN(CCN3CCOCC3)CC12. The van der Waals surface area contributed by atoms with Crippen LogP contribution in [0.1, 0.15) is 0 Å². The molecule has 2 atom stereocenters. The molecule has 0 amide bonds. The van der Waals surface area contributed by atoms with Crippen molar-refractivity contribution >= 4 is 0 Å². The Morgan fingerprint density at radius 2 is 1.62 bits per heavy atom. The van der Waals surface area contributed by atoms with Crippen molar-refractivity contribution in [3.8, 4) is 0 Å². The van der Waals surface area contributed by atoms with Crippen molar-refractivity contribution in [2.24, 2.45) is 23.5 Å². The minimum atomic E-state index is 0.861. The first kappa shape index (κ1) is 11.0. The lowest BCUT2D eigenvalue weighted by Crippen LogP contribution is -2.41. The molecule has 4 heteroatoms. The molecule has 1 saturated carbocycles. The second kappa shape index (κ2) is 4.61. The highest BCUT2D eigenvalue weighted by molar-refractivity contribution is 5.05. The Morgan fingerprint density at radius 3 is 2.25 bits per heavy atom. The molecule has 2 saturated heterocycles. The van der Waals surface area contributed by atoms with Crippen molar-refractivity contribution in [2.45, 2.75) is 0 Å². The fraction of sp³-hybridized carbons (Fsp3) is 1.00. The van der Waals surface area contributed by atoms with Gasteiger partial charge < -0.3 is 15.4 Å². The molecule has 0 spiro atoms. The van der Waals surface area contributed by atoms with E-state index in [1.807, 2.05) is 0 Å². The van der Waals surface area contributed by atoms with Crippen molar-refractivity contribution in [2.75, 3.05) is 59.0 Å². The fourth-order valence-corrected chi connectivity index (χ4v) is 3.38. The van der Waals surface area contributed by atoms with E-state index >= 15 is 0 Å². The Hall–Kier alpha value is -0.160. The third-order valence-corrected chi connectivity index (χ3v) is 4.56. The molecule has 4 nitrogen and oxygen atoms in total. The molecule has 0 bridgehead atoms. The van der Waals surface area contributed by atoms with E-state index in [4.69, 9.17) is 10.5 Å². The lowest BCUT2D eigenvalue weighted by atomic mass is 10.2. The van der Waals surface area contributed by atoms with E-state index in [9.17, 15) is 0 Å². The van der Waals surface area contributed by atoms with Crippen molar-refractivity contribution in [1.82, 2.24) is 9.80 Å². The molecule has 2 aliphatic heterocycles. The van der Waals surface area contributed by atoms with Gasteiger partial charge in [0.15, 0.2) is 0 Å². The van der Waals surface area contributed by atoms with Gasteiger partial charge in [-0.25, -0.2) is 0 Å². The van der Waals surface area contributed by atoms with Crippen LogP contribution in [0.25, 0.3) is 0 Å². The Kier molecular flexibility index (Phi) is 3.16. The molecule has 2 N–H and O–H groups in total. The van der Waals surface area contributed by atoms with Crippen LogP contribution in [0.4, 0.5) is 0 Å². The zero-order valence-corrected chi connectivity index (χ0v) is 9.98. The Morgan fingerprint density at radius 1 is 1.00 bits per heavy atom. The third kappa shape index (κ3) is 2.12. The van der Waals surface area contributed by atoms with E-state index < -0.39 is 0 Å². The minimum absolute atomic E-state index is 0.861. The highest BCUT2D eigenvalue weighted by Crippen LogP contribution is 2.50. The summed E-state index contributed by atoms with van der Waals surface area (Å²) in [6, 6.07) is 0. The van der Waals surface area contributed by atoms with E-state index in [1.54, 1.807) is 0 Å². The zero-order valence-electron chi connectivity index (χ0n) is 9.98. The summed E-state index contributed by atoms with van der Waals surface area (Å²) >= 11 is 0. The van der Waals surface area contributed by atoms with Gasteiger partial charge in [-0.3, -0.25) is 4.90 Å². The fourth-order valence-electron chi connectivity index (χ4n) is 3.38. The molecule has 0 aromatic carbocycles. The normalized spacial score (nSPS) is 39.9. The summed E-state index contributed by atoms with van der Waals surface area (Å²) in [7, 11) is 0. The van der Waals surface area contributed by atoms with Crippen LogP contribution in [0.15, 0.2) is 0 Å². The molecule has 0 radical (unpaired) electrons. The highest BCUT2D eigenvalue weighted by Gasteiger charge is 2.54. The van der Waals surface area contributed by atoms with Gasteiger partial charge in [-0.15, -0.1) is 0 Å². The van der Waals surface area contributed by atoms with E-state index in [1.165, 1.54) is 26.2 Å². The topological polar surface area (TPSA) is 41.7 Å². The van der Waals surface area contributed by atoms with Crippen LogP contribution in [-0.4, -0.2) is 68.8 Å². The molecule has 2 heterocycles. The van der Waals surface area contributed by atoms with Gasteiger partial charge in [-0.2, -0.15) is 0 Å². The lowest BCUT2D eigenvalue weighted by molar-refractivity contribution is 0.0337. The average molecular weight is 225 g/mol. The second-order valence-corrected chi connectivity index (χ2v) is 5.44. The molecule has 3 rings (SSSR count). The van der Waals surface area contributed by atoms with Gasteiger partial charge in [0.25, 0.3) is 0 Å². The largest absolute Gasteiger partial charge is 0.379 e. The lowest BCUT2D eigenvalue weighted by Gasteiger charge is -2.29. The number of piperidine rings is 1. The quantitative estimate of drug-likeness (QED) is 0.697. The Balaban J connectivity index is 1.35. The summed E-state index contributed by atoms with van der Waals surface area (Å²) in [5.74, 6) is 2.74. The van der Waals surface area contributed by atoms with Gasteiger partial charge in [0, 0.05) is 39.3 Å². The first-order chi connectivity index (χ1) is 7.88. The summed E-state index contributed by atoms with van der Waals surface area (Å²) in [6.07, 6.45) is 0. The van der Waals surface area contributed by atoms with Crippen LogP contribution >= 0.6 is 0 Å². The van der Waals surface area contributed by atoms with Crippen LogP contribution < -0.4 is 5.73 Å². The van der Waals surface area contributed by atoms with Crippen molar-refractivity contribution in [3.05, 3.63) is 0 Å². The number of nitrogens with two attached hydrogens (primary N) is 1. The van der Waals surface area contributed by atoms with Crippen LogP contribution in [0.2, 0.25) is 0 Å². The molecule has 1 aliphatic carbocycles. The number of rotatable bonds is 4. The summed E-state index contributed by atoms with van der Waals surface area (Å²) < 4.78 is 5.36. The molecular formula is C12H23N3O. The van der Waals surface area contributed by atoms with Gasteiger partial charge >= 0.3 is 0 Å². The number of fused-ring (bicyclic) bond motifs is 1. The molecule has 92 valence electrons. The van der Waals surface area contributed by atoms with Gasteiger partial charge in [-0.05, 0) is 24.3 Å². The molecule has 3 fully saturated rings. The molecule has 16 heavy (non-hydrogen) atoms. The third-order valence-electron chi connectivity index (χ3n) is 4.56. The van der Waals surface area contributed by atoms with E-state index in [0.29, 0.717) is 0 Å². The zero-order chi connectivity index (χ0) is 11.0. The van der Waals surface area contributed by atoms with Crippen molar-refractivity contribution < 1.29 is 4.74 Å². The summed E-state index contributed by atoms with van der Waals surface area (Å²) in [5.41, 5.74) is 5.72. The Labute approximate surface area is 97.7 Å². The van der Waals surface area contributed by atoms with Crippen LogP contribution in [0.3, 0.4) is 0 Å². The summed E-state index contributed by atoms with van der Waals surface area (Å²) in [4.78, 5) is 5.14. The van der Waals surface area contributed by atoms with Crippen LogP contribution in [-0.2, 0) is 4.74 Å². The number of ether oxygens (including phenoxy) is 1. The number of hydrogen-bond acceptors (Lipinski definition) is 4. The molecule has 3 aliphatic rings. The first-order valence-electron chi connectivity index (χ1n) is 6.61. The monoisotopic (exact) mass is 225 g/mol. The highest BCUT2D eigenvalue weighted by atomic mass is 16.5. The number of likely N-dealkylation sites (tertiary alicyclic amines) is 1. The average Bonchev–Trinajstić information content (AvgIpc) is 2.81. The standard InChI is InChI=1S/C12H23N3O/c13-7-10-11-8-15(9-12(10)11)2-1-14-3-5-16-6-4-14/h10-12H,1-9,13H2. The maximum Gasteiger partial charge on any atom is 0.0594 e. The maximum absolute atomic E-state index is 5.72. The minimum Gasteiger partial charge on any atom is -0.379 e. The van der Waals surface area contributed by atoms with Gasteiger partial charge in [0.1, 0.15) is 0 Å². The summed E-state index contributed by atoms with van der Waals surface area (Å²) in [6.45, 7) is 10.0. The van der Waals surface area contributed by atoms with Crippen LogP contribution in [0, 0.1) is 17.8 Å². The molecule has 2 unspecified atom stereocenters. The predicted octanol–water partition coefficient (Wildman–Crippen LogP) is -0.545. The molecule has 0 aromatic heterocycles. The van der Waals surface area contributed by atoms with E-state index in [0.717, 1.165) is 50.6 Å². The summed E-state index contributed by atoms with van der Waals surface area (Å²) in [5, 5.41) is 0. The first-order valence-corrected chi connectivity index (χ1v) is 6.61. The van der Waals surface area contributed by atoms with Crippen molar-refractivity contribution in [3.63, 3.8) is 0 Å². The number of nitrogens with zero attached hydrogens (tertiary/aromatic N) is 2. The predicted molar refractivity (Wildman–Crippen MR) is 63.2 cm³/mol. The van der Waals surface area contributed by atoms with E-state index in [-0.39, 0.29) is 0 Å². The number of morpholine rings is 1. The van der Waals surface area contributed by atoms with Gasteiger partial charge in [0.05, 0.1) is 13.2 Å². The number of hydrogen-bond donors (Lipinski definition) is 1. The van der Waals surface area contributed by atoms with Crippen molar-refractivity contribution in [1.29, 1.82) is 0 Å². The van der Waals surface area contributed by atoms with E-state index in [2.05, 4.69) is 9.80 Å². The second-order valence-electron chi connectivity index (χ2n) is 5.44. The molecular weight excluding hydrogens is 202 g/mol. The molecule has 0 aromatic rings. The van der Waals surface area contributed by atoms with Gasteiger partial charge in [-0.1, -0.05) is 0 Å². The maximum atomic E-state index is 5.72. The van der Waals surface area contributed by atoms with Gasteiger partial charge in [0.2, 0.25) is 0 Å². The smallest absolute Gasteiger partial charge is 0.0594 e.